The second kappa shape index (κ2) is 23.3. The summed E-state index contributed by atoms with van der Waals surface area (Å²) in [6.45, 7) is 15.3. The van der Waals surface area contributed by atoms with Crippen LogP contribution in [-0.4, -0.2) is 232 Å². The van der Waals surface area contributed by atoms with Crippen molar-refractivity contribution >= 4 is 0 Å². The monoisotopic (exact) mass is 1090 g/mol. The Labute approximate surface area is 445 Å². The summed E-state index contributed by atoms with van der Waals surface area (Å²) in [6.07, 6.45) is -21.2. The van der Waals surface area contributed by atoms with Crippen molar-refractivity contribution in [1.29, 1.82) is 0 Å². The van der Waals surface area contributed by atoms with Crippen LogP contribution in [0.2, 0.25) is 0 Å². The van der Waals surface area contributed by atoms with E-state index in [1.165, 1.54) is 0 Å². The zero-order valence-electron chi connectivity index (χ0n) is 45.4. The predicted molar refractivity (Wildman–Crippen MR) is 265 cm³/mol. The highest BCUT2D eigenvalue weighted by atomic mass is 16.8. The Balaban J connectivity index is 0.992. The standard InChI is InChI=1S/C54H92O22/c1-24(2)10-9-16-54(8,76-48-44(68)40(64)37(61)30(73-48)23-69-46-42(66)38(62)34(58)27(20-55)70-46)26-13-18-52(6)25(26)11-12-32-51(5)17-15-33(50(3,4)31(51)14-19-53(32,52)7)74-49-45(41(65)36(60)29(22-57)72-49)75-47-43(67)39(63)35(59)28(21-56)71-47/h10,25-49,55-68H,9,11-23H2,1-8H3. The topological polar surface area (TPSA) is 357 Å². The van der Waals surface area contributed by atoms with Crippen LogP contribution in [0.1, 0.15) is 120 Å². The molecule has 0 aromatic carbocycles. The molecule has 0 amide bonds. The van der Waals surface area contributed by atoms with Crippen LogP contribution >= 0.6 is 0 Å². The molecule has 8 rings (SSSR count). The number of rotatable bonds is 16. The lowest BCUT2D eigenvalue weighted by atomic mass is 9.35. The number of fused-ring (bicyclic) bond motifs is 5. The summed E-state index contributed by atoms with van der Waals surface area (Å²) in [7, 11) is 0. The number of hydrogen-bond acceptors (Lipinski definition) is 22. The SMILES string of the molecule is CC(C)=CCCC(C)(OC1OC(COC2OC(CO)C(O)C(O)C2O)C(O)C(O)C1O)C1CCC2(C)C1CCC1C3(C)CCC(OC4OC(CO)C(O)C(O)C4OC4OC(CO)C(O)C(O)C4O)C(C)(C)C3CCC12C. The summed E-state index contributed by atoms with van der Waals surface area (Å²) in [5, 5.41) is 149. The van der Waals surface area contributed by atoms with Gasteiger partial charge in [0.2, 0.25) is 0 Å². The molecular formula is C54H92O22. The van der Waals surface area contributed by atoms with Crippen molar-refractivity contribution in [1.82, 2.24) is 0 Å². The van der Waals surface area contributed by atoms with E-state index in [2.05, 4.69) is 47.6 Å². The second-order valence-corrected chi connectivity index (χ2v) is 25.6. The molecule has 0 aromatic heterocycles. The quantitative estimate of drug-likeness (QED) is 0.0639. The molecule has 29 atom stereocenters. The van der Waals surface area contributed by atoms with E-state index in [1.807, 2.05) is 13.8 Å². The summed E-state index contributed by atoms with van der Waals surface area (Å²) in [5.74, 6) is 0.671. The maximum Gasteiger partial charge on any atom is 0.187 e. The van der Waals surface area contributed by atoms with E-state index in [9.17, 15) is 71.5 Å². The third-order valence-corrected chi connectivity index (χ3v) is 20.9. The molecule has 440 valence electrons. The van der Waals surface area contributed by atoms with Crippen molar-refractivity contribution in [3.8, 4) is 0 Å². The molecule has 0 spiro atoms. The molecule has 0 aromatic rings. The summed E-state index contributed by atoms with van der Waals surface area (Å²) in [6, 6.07) is 0. The van der Waals surface area contributed by atoms with Crippen LogP contribution in [0, 0.1) is 45.3 Å². The van der Waals surface area contributed by atoms with E-state index in [0.717, 1.165) is 50.5 Å². The average molecular weight is 1090 g/mol. The number of aliphatic hydroxyl groups excluding tert-OH is 14. The van der Waals surface area contributed by atoms with Crippen LogP contribution < -0.4 is 0 Å². The van der Waals surface area contributed by atoms with E-state index in [4.69, 9.17) is 37.9 Å². The van der Waals surface area contributed by atoms with Gasteiger partial charge in [0.25, 0.3) is 0 Å². The number of hydrogen-bond donors (Lipinski definition) is 14. The fourth-order valence-electron chi connectivity index (χ4n) is 16.3. The van der Waals surface area contributed by atoms with E-state index >= 15 is 0 Å². The van der Waals surface area contributed by atoms with Gasteiger partial charge in [-0.25, -0.2) is 0 Å². The Morgan fingerprint density at radius 1 is 0.526 bits per heavy atom. The van der Waals surface area contributed by atoms with Crippen molar-refractivity contribution < 1.29 is 109 Å². The average Bonchev–Trinajstić information content (AvgIpc) is 3.91. The highest BCUT2D eigenvalue weighted by molar-refractivity contribution is 5.19. The molecular weight excluding hydrogens is 1000 g/mol. The van der Waals surface area contributed by atoms with Crippen LogP contribution in [0.4, 0.5) is 0 Å². The maximum atomic E-state index is 11.5. The highest BCUT2D eigenvalue weighted by Gasteiger charge is 2.70. The van der Waals surface area contributed by atoms with Gasteiger partial charge in [0.05, 0.1) is 38.1 Å². The molecule has 4 aliphatic carbocycles. The zero-order valence-corrected chi connectivity index (χ0v) is 45.4. The lowest BCUT2D eigenvalue weighted by Gasteiger charge is -2.70. The summed E-state index contributed by atoms with van der Waals surface area (Å²) in [4.78, 5) is 0. The Bertz CT molecular complexity index is 1960. The Morgan fingerprint density at radius 3 is 1.63 bits per heavy atom. The van der Waals surface area contributed by atoms with Crippen molar-refractivity contribution in [3.05, 3.63) is 11.6 Å². The van der Waals surface area contributed by atoms with Gasteiger partial charge in [-0.05, 0) is 130 Å². The van der Waals surface area contributed by atoms with Crippen LogP contribution in [0.25, 0.3) is 0 Å². The van der Waals surface area contributed by atoms with E-state index in [1.54, 1.807) is 0 Å². The normalized spacial score (nSPS) is 52.2. The Kier molecular flexibility index (Phi) is 18.6. The van der Waals surface area contributed by atoms with Gasteiger partial charge < -0.3 is 109 Å². The molecule has 4 aliphatic heterocycles. The summed E-state index contributed by atoms with van der Waals surface area (Å²) >= 11 is 0. The first-order valence-electron chi connectivity index (χ1n) is 27.8. The van der Waals surface area contributed by atoms with E-state index in [-0.39, 0.29) is 34.0 Å². The van der Waals surface area contributed by atoms with Gasteiger partial charge in [0.1, 0.15) is 97.7 Å². The molecule has 0 bridgehead atoms. The second-order valence-electron chi connectivity index (χ2n) is 25.6. The minimum atomic E-state index is -1.79. The molecule has 29 unspecified atom stereocenters. The summed E-state index contributed by atoms with van der Waals surface area (Å²) in [5.41, 5.74) is -0.631. The lowest BCUT2D eigenvalue weighted by molar-refractivity contribution is -0.378. The van der Waals surface area contributed by atoms with Crippen molar-refractivity contribution in [3.63, 3.8) is 0 Å². The molecule has 8 fully saturated rings. The smallest absolute Gasteiger partial charge is 0.187 e. The van der Waals surface area contributed by atoms with Gasteiger partial charge in [0, 0.05) is 0 Å². The maximum absolute atomic E-state index is 11.5. The largest absolute Gasteiger partial charge is 0.394 e. The molecule has 8 aliphatic rings. The first-order chi connectivity index (χ1) is 35.6. The van der Waals surface area contributed by atoms with Crippen molar-refractivity contribution in [2.75, 3.05) is 26.4 Å². The van der Waals surface area contributed by atoms with Gasteiger partial charge in [0.15, 0.2) is 25.2 Å². The minimum Gasteiger partial charge on any atom is -0.394 e. The molecule has 4 saturated carbocycles. The molecule has 22 nitrogen and oxygen atoms in total. The van der Waals surface area contributed by atoms with Gasteiger partial charge in [-0.1, -0.05) is 46.3 Å². The summed E-state index contributed by atoms with van der Waals surface area (Å²) < 4.78 is 49.1. The molecule has 4 saturated heterocycles. The fourth-order valence-corrected chi connectivity index (χ4v) is 16.3. The highest BCUT2D eigenvalue weighted by Crippen LogP contribution is 2.76. The molecule has 22 heteroatoms. The van der Waals surface area contributed by atoms with E-state index in [0.29, 0.717) is 25.2 Å². The fraction of sp³-hybridized carbons (Fsp3) is 0.963. The van der Waals surface area contributed by atoms with Crippen LogP contribution in [0.15, 0.2) is 11.6 Å². The van der Waals surface area contributed by atoms with Gasteiger partial charge in [-0.15, -0.1) is 0 Å². The lowest BCUT2D eigenvalue weighted by Crippen LogP contribution is -2.67. The van der Waals surface area contributed by atoms with Crippen molar-refractivity contribution in [2.45, 2.75) is 254 Å². The van der Waals surface area contributed by atoms with E-state index < -0.39 is 166 Å². The first kappa shape index (κ1) is 60.9. The van der Waals surface area contributed by atoms with Crippen LogP contribution in [-0.2, 0) is 37.9 Å². The number of aliphatic hydroxyl groups is 14. The number of allylic oxidation sites excluding steroid dienone is 2. The minimum absolute atomic E-state index is 0.000746. The Morgan fingerprint density at radius 2 is 1.04 bits per heavy atom. The number of ether oxygens (including phenoxy) is 8. The van der Waals surface area contributed by atoms with Crippen molar-refractivity contribution in [2.24, 2.45) is 45.3 Å². The van der Waals surface area contributed by atoms with Crippen LogP contribution in [0.3, 0.4) is 0 Å². The Hall–Kier alpha value is -1.14. The predicted octanol–water partition coefficient (Wildman–Crippen LogP) is -1.17. The zero-order chi connectivity index (χ0) is 55.8. The third kappa shape index (κ3) is 10.7. The van der Waals surface area contributed by atoms with Crippen LogP contribution in [0.5, 0.6) is 0 Å². The third-order valence-electron chi connectivity index (χ3n) is 20.9. The van der Waals surface area contributed by atoms with Gasteiger partial charge in [-0.3, -0.25) is 0 Å². The molecule has 14 N–H and O–H groups in total. The van der Waals surface area contributed by atoms with Gasteiger partial charge in [-0.2, -0.15) is 0 Å². The molecule has 4 heterocycles. The molecule has 0 radical (unpaired) electrons. The first-order valence-corrected chi connectivity index (χ1v) is 27.8. The molecule has 76 heavy (non-hydrogen) atoms. The van der Waals surface area contributed by atoms with Gasteiger partial charge >= 0.3 is 0 Å².